The second kappa shape index (κ2) is 14.3. The van der Waals surface area contributed by atoms with Crippen LogP contribution in [0.15, 0.2) is 96.4 Å². The van der Waals surface area contributed by atoms with Gasteiger partial charge in [-0.3, -0.25) is 9.59 Å². The molecule has 7 heteroatoms. The van der Waals surface area contributed by atoms with E-state index in [1.807, 2.05) is 60.7 Å². The minimum atomic E-state index is -0.814. The summed E-state index contributed by atoms with van der Waals surface area (Å²) < 4.78 is 6.76. The Morgan fingerprint density at radius 3 is 1.37 bits per heavy atom. The molecule has 0 spiro atoms. The molecule has 0 saturated heterocycles. The van der Waals surface area contributed by atoms with Crippen molar-refractivity contribution in [1.82, 2.24) is 4.57 Å². The highest BCUT2D eigenvalue weighted by molar-refractivity contribution is 6.38. The van der Waals surface area contributed by atoms with Gasteiger partial charge in [0.1, 0.15) is 24.9 Å². The Morgan fingerprint density at radius 1 is 0.576 bits per heavy atom. The maximum atomic E-state index is 14.4. The van der Waals surface area contributed by atoms with E-state index in [0.717, 1.165) is 114 Å². The maximum Gasteiger partial charge on any atom is 0.209 e. The van der Waals surface area contributed by atoms with Gasteiger partial charge in [0.2, 0.25) is 11.4 Å². The van der Waals surface area contributed by atoms with Gasteiger partial charge in [0.25, 0.3) is 0 Å². The molecule has 4 aromatic carbocycles. The molecular formula is C52H55N3O4. The summed E-state index contributed by atoms with van der Waals surface area (Å²) in [6.07, 6.45) is 5.93. The molecule has 1 aromatic heterocycles. The van der Waals surface area contributed by atoms with Gasteiger partial charge in [0.05, 0.1) is 10.8 Å². The summed E-state index contributed by atoms with van der Waals surface area (Å²) >= 11 is 0. The highest BCUT2D eigenvalue weighted by Crippen LogP contribution is 2.50. The summed E-state index contributed by atoms with van der Waals surface area (Å²) in [6, 6.07) is 28.4. The predicted molar refractivity (Wildman–Crippen MR) is 234 cm³/mol. The molecular weight excluding hydrogens is 731 g/mol. The van der Waals surface area contributed by atoms with Crippen molar-refractivity contribution in [2.24, 2.45) is 11.8 Å². The standard InChI is InChI=1S/C52H55N3O4/c1-8-11-26-53-37-24-22-31(41-45(56)43(46(41)57)49-51(4,5)35-18-14-16-20-39(35)54(49)27-12-9-2)29-33(37)34-30-32(23-25-38(34)53)42-47(58)44(48(42)59)50-52(6,7)36-19-15-17-21-40(36)55(50)28-13-10-3/h14-25,29-30,43-44H,8-13,26-28H2,1-7H3. The maximum absolute atomic E-state index is 14.4. The number of rotatable bonds is 13. The van der Waals surface area contributed by atoms with Crippen LogP contribution >= 0.6 is 0 Å². The number of aromatic nitrogens is 1. The normalized spacial score (nSPS) is 20.6. The number of carbonyl (C=O) groups is 2. The van der Waals surface area contributed by atoms with Crippen LogP contribution in [-0.2, 0) is 27.0 Å². The fraction of sp³-hybridized carbons (Fsp3) is 0.385. The first-order valence-corrected chi connectivity index (χ1v) is 21.8. The van der Waals surface area contributed by atoms with Crippen molar-refractivity contribution in [1.29, 1.82) is 0 Å². The predicted octanol–water partition coefficient (Wildman–Crippen LogP) is 8.89. The lowest BCUT2D eigenvalue weighted by Gasteiger charge is -2.38. The number of hydrogen-bond donors (Lipinski definition) is 0. The third-order valence-electron chi connectivity index (χ3n) is 13.8. The van der Waals surface area contributed by atoms with Crippen LogP contribution in [0.1, 0.15) is 109 Å². The first kappa shape index (κ1) is 38.9. The number of carbonyl (C=O) groups excluding carboxylic acids is 2. The molecule has 4 aliphatic rings. The van der Waals surface area contributed by atoms with Gasteiger partial charge in [-0.05, 0) is 69.5 Å². The molecule has 3 heterocycles. The summed E-state index contributed by atoms with van der Waals surface area (Å²) in [4.78, 5) is 28.7. The van der Waals surface area contributed by atoms with Crippen LogP contribution in [0.5, 0.6) is 0 Å². The molecule has 0 N–H and O–H groups in total. The number of hydrogen-bond acceptors (Lipinski definition) is 4. The first-order chi connectivity index (χ1) is 28.4. The van der Waals surface area contributed by atoms with E-state index in [0.29, 0.717) is 11.1 Å². The van der Waals surface area contributed by atoms with Crippen molar-refractivity contribution >= 4 is 67.3 Å². The molecule has 0 saturated carbocycles. The Bertz CT molecular complexity index is 2570. The van der Waals surface area contributed by atoms with Gasteiger partial charge in [-0.2, -0.15) is 9.15 Å². The zero-order valence-corrected chi connectivity index (χ0v) is 35.6. The fourth-order valence-corrected chi connectivity index (χ4v) is 10.8. The molecule has 0 radical (unpaired) electrons. The van der Waals surface area contributed by atoms with Crippen molar-refractivity contribution in [3.63, 3.8) is 0 Å². The zero-order chi connectivity index (χ0) is 41.5. The molecule has 2 aliphatic heterocycles. The third kappa shape index (κ3) is 5.59. The number of Topliss-reactive ketones (excluding diaryl/α,β-unsaturated/α-hetero) is 2. The SMILES string of the molecule is CCCCn1c2ccc(C3=C([O-])C(C4=[N+](CCCC)c5ccccc5C4(C)C)C3=O)cc2c2cc(C3=C([O-])C(C4=[N+](CCCC)c5ccccc5C4(C)C)C3=O)ccc21. The minimum absolute atomic E-state index is 0.128. The Kier molecular flexibility index (Phi) is 9.45. The number of benzene rings is 4. The first-order valence-electron chi connectivity index (χ1n) is 21.8. The number of ketones is 2. The van der Waals surface area contributed by atoms with E-state index >= 15 is 0 Å². The number of aryl methyl sites for hydroxylation is 1. The number of unbranched alkanes of at least 4 members (excludes halogenated alkanes) is 3. The smallest absolute Gasteiger partial charge is 0.209 e. The van der Waals surface area contributed by atoms with Gasteiger partial charge >= 0.3 is 0 Å². The number of fused-ring (bicyclic) bond motifs is 5. The van der Waals surface area contributed by atoms with Gasteiger partial charge in [0.15, 0.2) is 23.0 Å². The summed E-state index contributed by atoms with van der Waals surface area (Å²) in [5.41, 5.74) is 9.06. The lowest BCUT2D eigenvalue weighted by atomic mass is 9.67. The van der Waals surface area contributed by atoms with Crippen molar-refractivity contribution in [2.75, 3.05) is 13.1 Å². The largest absolute Gasteiger partial charge is 0.874 e. The number of para-hydroxylation sites is 2. The van der Waals surface area contributed by atoms with Crippen LogP contribution in [0.25, 0.3) is 33.0 Å². The summed E-state index contributed by atoms with van der Waals surface area (Å²) in [5.74, 6) is -2.14. The van der Waals surface area contributed by atoms with E-state index < -0.39 is 22.7 Å². The monoisotopic (exact) mass is 785 g/mol. The third-order valence-corrected chi connectivity index (χ3v) is 13.8. The van der Waals surface area contributed by atoms with E-state index in [9.17, 15) is 19.8 Å². The van der Waals surface area contributed by atoms with Crippen molar-refractivity contribution in [2.45, 2.75) is 104 Å². The van der Waals surface area contributed by atoms with E-state index in [4.69, 9.17) is 0 Å². The van der Waals surface area contributed by atoms with Gasteiger partial charge < -0.3 is 14.8 Å². The highest BCUT2D eigenvalue weighted by Gasteiger charge is 2.55. The Balaban J connectivity index is 1.13. The van der Waals surface area contributed by atoms with Gasteiger partial charge in [-0.15, -0.1) is 0 Å². The Morgan fingerprint density at radius 2 is 0.983 bits per heavy atom. The summed E-state index contributed by atoms with van der Waals surface area (Å²) in [6.45, 7) is 17.3. The van der Waals surface area contributed by atoms with E-state index in [2.05, 4.69) is 86.4 Å². The summed E-state index contributed by atoms with van der Waals surface area (Å²) in [5, 5.41) is 30.6. The molecule has 2 unspecified atom stereocenters. The summed E-state index contributed by atoms with van der Waals surface area (Å²) in [7, 11) is 0. The van der Waals surface area contributed by atoms with Crippen LogP contribution in [-0.4, -0.2) is 49.8 Å². The number of nitrogens with zero attached hydrogens (tertiary/aromatic N) is 3. The van der Waals surface area contributed by atoms with Gasteiger partial charge in [-0.25, -0.2) is 0 Å². The quantitative estimate of drug-likeness (QED) is 0.112. The van der Waals surface area contributed by atoms with Gasteiger partial charge in [0, 0.05) is 75.6 Å². The molecule has 0 amide bonds. The van der Waals surface area contributed by atoms with Gasteiger partial charge in [-0.1, -0.05) is 100 Å². The lowest BCUT2D eigenvalue weighted by Crippen LogP contribution is -2.49. The van der Waals surface area contributed by atoms with Crippen LogP contribution in [0.4, 0.5) is 11.4 Å². The molecule has 9 rings (SSSR count). The Labute approximate surface area is 347 Å². The van der Waals surface area contributed by atoms with Crippen LogP contribution < -0.4 is 10.2 Å². The van der Waals surface area contributed by atoms with Crippen molar-refractivity contribution in [3.05, 3.63) is 119 Å². The second-order valence-electron chi connectivity index (χ2n) is 18.1. The van der Waals surface area contributed by atoms with Crippen LogP contribution in [0.3, 0.4) is 0 Å². The Hall–Kier alpha value is -5.56. The molecule has 0 fully saturated rings. The van der Waals surface area contributed by atoms with Crippen LogP contribution in [0, 0.1) is 11.8 Å². The molecule has 2 atom stereocenters. The van der Waals surface area contributed by atoms with Crippen molar-refractivity contribution < 1.29 is 29.0 Å². The molecule has 59 heavy (non-hydrogen) atoms. The van der Waals surface area contributed by atoms with E-state index in [-0.39, 0.29) is 34.2 Å². The van der Waals surface area contributed by atoms with Crippen molar-refractivity contribution in [3.8, 4) is 0 Å². The van der Waals surface area contributed by atoms with Crippen LogP contribution in [0.2, 0.25) is 0 Å². The molecule has 0 bridgehead atoms. The molecule has 5 aromatic rings. The topological polar surface area (TPSA) is 91.2 Å². The molecule has 302 valence electrons. The lowest BCUT2D eigenvalue weighted by molar-refractivity contribution is -0.443. The van der Waals surface area contributed by atoms with E-state index in [1.54, 1.807) is 0 Å². The molecule has 2 aliphatic carbocycles. The average molecular weight is 786 g/mol. The zero-order valence-electron chi connectivity index (χ0n) is 35.6. The highest BCUT2D eigenvalue weighted by atomic mass is 16.3. The molecule has 7 nitrogen and oxygen atoms in total. The average Bonchev–Trinajstić information content (AvgIpc) is 3.74. The van der Waals surface area contributed by atoms with E-state index in [1.165, 1.54) is 0 Å². The fourth-order valence-electron chi connectivity index (χ4n) is 10.8. The second-order valence-corrected chi connectivity index (χ2v) is 18.1. The minimum Gasteiger partial charge on any atom is -0.874 e. The number of allylic oxidation sites excluding steroid dienone is 4.